The van der Waals surface area contributed by atoms with E-state index in [0.717, 1.165) is 40.5 Å². The number of hydrogen-bond donors (Lipinski definition) is 2. The number of nitrogens with one attached hydrogen (secondary N) is 1. The number of hydrogen-bond acceptors (Lipinski definition) is 8. The van der Waals surface area contributed by atoms with Crippen LogP contribution in [0, 0.1) is 0 Å². The van der Waals surface area contributed by atoms with Crippen molar-refractivity contribution in [2.75, 3.05) is 25.6 Å². The molecule has 5 rings (SSSR count). The van der Waals surface area contributed by atoms with Crippen molar-refractivity contribution in [2.45, 2.75) is 25.0 Å². The lowest BCUT2D eigenvalue weighted by Gasteiger charge is -2.35. The Hall–Kier alpha value is -3.24. The second kappa shape index (κ2) is 7.54. The fraction of sp³-hybridized carbons (Fsp3) is 0.400. The lowest BCUT2D eigenvalue weighted by molar-refractivity contribution is -0.0196. The van der Waals surface area contributed by atoms with Crippen LogP contribution in [0.3, 0.4) is 0 Å². The van der Waals surface area contributed by atoms with E-state index in [9.17, 15) is 0 Å². The van der Waals surface area contributed by atoms with Crippen LogP contribution in [0.5, 0.6) is 5.88 Å². The van der Waals surface area contributed by atoms with Crippen LogP contribution in [0.25, 0.3) is 27.7 Å². The Balaban J connectivity index is 1.43. The van der Waals surface area contributed by atoms with Gasteiger partial charge in [-0.2, -0.15) is 4.98 Å². The number of anilines is 1. The van der Waals surface area contributed by atoms with Crippen LogP contribution in [-0.2, 0) is 11.8 Å². The largest absolute Gasteiger partial charge is 0.479 e. The number of rotatable bonds is 7. The molecule has 156 valence electrons. The molecule has 4 aromatic rings. The van der Waals surface area contributed by atoms with Gasteiger partial charge >= 0.3 is 0 Å². The summed E-state index contributed by atoms with van der Waals surface area (Å²) < 4.78 is 14.7. The molecule has 1 fully saturated rings. The van der Waals surface area contributed by atoms with Crippen LogP contribution in [0.1, 0.15) is 12.8 Å². The van der Waals surface area contributed by atoms with E-state index in [1.807, 2.05) is 31.4 Å². The number of aliphatic hydroxyl groups excluding tert-OH is 1. The molecule has 1 saturated carbocycles. The normalized spacial score (nSPS) is 18.6. The van der Waals surface area contributed by atoms with E-state index in [0.29, 0.717) is 18.4 Å². The van der Waals surface area contributed by atoms with Crippen molar-refractivity contribution in [3.63, 3.8) is 0 Å². The van der Waals surface area contributed by atoms with E-state index in [-0.39, 0.29) is 18.8 Å². The van der Waals surface area contributed by atoms with Crippen LogP contribution < -0.4 is 10.1 Å². The number of aryl methyl sites for hydroxylation is 1. The molecular weight excluding hydrogens is 386 g/mol. The van der Waals surface area contributed by atoms with Crippen molar-refractivity contribution >= 4 is 22.5 Å². The predicted octanol–water partition coefficient (Wildman–Crippen LogP) is 1.64. The molecule has 0 spiro atoms. The van der Waals surface area contributed by atoms with E-state index in [1.165, 1.54) is 0 Å². The van der Waals surface area contributed by atoms with Crippen molar-refractivity contribution in [1.29, 1.82) is 0 Å². The molecule has 1 aliphatic carbocycles. The second-order valence-corrected chi connectivity index (χ2v) is 7.41. The molecule has 0 unspecified atom stereocenters. The average Bonchev–Trinajstić information content (AvgIpc) is 3.32. The first-order valence-corrected chi connectivity index (χ1v) is 9.88. The zero-order chi connectivity index (χ0) is 20.7. The molecule has 30 heavy (non-hydrogen) atoms. The molecule has 0 aliphatic heterocycles. The number of ether oxygens (including phenoxy) is 2. The number of benzene rings is 1. The highest BCUT2D eigenvalue weighted by molar-refractivity contribution is 5.89. The van der Waals surface area contributed by atoms with Gasteiger partial charge in [0.25, 0.3) is 0 Å². The highest BCUT2D eigenvalue weighted by Crippen LogP contribution is 2.33. The summed E-state index contributed by atoms with van der Waals surface area (Å²) in [6, 6.07) is 8.26. The van der Waals surface area contributed by atoms with Crippen molar-refractivity contribution in [3.05, 3.63) is 30.5 Å². The van der Waals surface area contributed by atoms with Gasteiger partial charge in [-0.25, -0.2) is 9.20 Å². The van der Waals surface area contributed by atoms with Gasteiger partial charge in [0.1, 0.15) is 11.0 Å². The van der Waals surface area contributed by atoms with Crippen molar-refractivity contribution in [3.8, 4) is 17.0 Å². The maximum atomic E-state index is 8.85. The number of aliphatic hydroxyl groups is 1. The van der Waals surface area contributed by atoms with Gasteiger partial charge in [0.15, 0.2) is 0 Å². The van der Waals surface area contributed by atoms with E-state index in [4.69, 9.17) is 14.6 Å². The Kier molecular flexibility index (Phi) is 4.72. The predicted molar refractivity (Wildman–Crippen MR) is 111 cm³/mol. The smallest absolute Gasteiger partial charge is 0.244 e. The zero-order valence-electron chi connectivity index (χ0n) is 16.8. The highest BCUT2D eigenvalue weighted by Gasteiger charge is 2.30. The molecule has 10 nitrogen and oxygen atoms in total. The van der Waals surface area contributed by atoms with Crippen LogP contribution >= 0.6 is 0 Å². The maximum absolute atomic E-state index is 8.85. The summed E-state index contributed by atoms with van der Waals surface area (Å²) in [6.45, 7) is 0.423. The van der Waals surface area contributed by atoms with Crippen molar-refractivity contribution in [1.82, 2.24) is 29.6 Å². The zero-order valence-corrected chi connectivity index (χ0v) is 16.8. The summed E-state index contributed by atoms with van der Waals surface area (Å²) in [4.78, 5) is 4.58. The summed E-state index contributed by atoms with van der Waals surface area (Å²) in [7, 11) is 3.48. The molecule has 0 atom stereocenters. The molecule has 2 N–H and O–H groups in total. The molecule has 0 radical (unpaired) electrons. The fourth-order valence-electron chi connectivity index (χ4n) is 3.85. The highest BCUT2D eigenvalue weighted by atomic mass is 16.5. The third-order valence-electron chi connectivity index (χ3n) is 5.47. The minimum Gasteiger partial charge on any atom is -0.479 e. The average molecular weight is 409 g/mol. The van der Waals surface area contributed by atoms with Gasteiger partial charge in [-0.15, -0.1) is 10.2 Å². The first kappa shape index (κ1) is 18.8. The van der Waals surface area contributed by atoms with Gasteiger partial charge in [-0.1, -0.05) is 11.3 Å². The topological polar surface area (TPSA) is 112 Å². The Morgan fingerprint density at radius 1 is 1.27 bits per heavy atom. The SMILES string of the molecule is COc1nc(NC2CC(OCCO)C2)nn2ccc(-c3ccc4nnn(C)c4c3)c12. The van der Waals surface area contributed by atoms with E-state index >= 15 is 0 Å². The van der Waals surface area contributed by atoms with Gasteiger partial charge in [-0.05, 0) is 36.6 Å². The summed E-state index contributed by atoms with van der Waals surface area (Å²) in [5.41, 5.74) is 4.59. The Bertz CT molecular complexity index is 1200. The Morgan fingerprint density at radius 2 is 2.13 bits per heavy atom. The monoisotopic (exact) mass is 409 g/mol. The Morgan fingerprint density at radius 3 is 2.93 bits per heavy atom. The summed E-state index contributed by atoms with van der Waals surface area (Å²) in [5, 5.41) is 25.0. The third kappa shape index (κ3) is 3.23. The van der Waals surface area contributed by atoms with Crippen LogP contribution in [0.2, 0.25) is 0 Å². The quantitative estimate of drug-likeness (QED) is 0.474. The number of nitrogens with zero attached hydrogens (tertiary/aromatic N) is 6. The first-order valence-electron chi connectivity index (χ1n) is 9.88. The second-order valence-electron chi connectivity index (χ2n) is 7.41. The van der Waals surface area contributed by atoms with Crippen molar-refractivity contribution in [2.24, 2.45) is 7.05 Å². The molecule has 3 heterocycles. The minimum atomic E-state index is 0.0472. The molecular formula is C20H23N7O3. The fourth-order valence-corrected chi connectivity index (χ4v) is 3.85. The standard InChI is InChI=1S/C20H23N7O3/c1-26-17-9-12(3-4-16(17)23-25-26)15-5-6-27-18(15)19(29-2)22-20(24-27)21-13-10-14(11-13)30-8-7-28/h3-6,9,13-14,28H,7-8,10-11H2,1-2H3,(H,21,24). The van der Waals surface area contributed by atoms with Crippen molar-refractivity contribution < 1.29 is 14.6 Å². The van der Waals surface area contributed by atoms with E-state index < -0.39 is 0 Å². The van der Waals surface area contributed by atoms with Crippen LogP contribution in [0.15, 0.2) is 30.5 Å². The van der Waals surface area contributed by atoms with Gasteiger partial charge < -0.3 is 19.9 Å². The van der Waals surface area contributed by atoms with Gasteiger partial charge in [-0.3, -0.25) is 0 Å². The number of aromatic nitrogens is 6. The minimum absolute atomic E-state index is 0.0472. The summed E-state index contributed by atoms with van der Waals surface area (Å²) in [6.07, 6.45) is 3.80. The Labute approximate surface area is 172 Å². The summed E-state index contributed by atoms with van der Waals surface area (Å²) >= 11 is 0. The van der Waals surface area contributed by atoms with E-state index in [1.54, 1.807) is 16.3 Å². The molecule has 10 heteroatoms. The molecule has 3 aromatic heterocycles. The van der Waals surface area contributed by atoms with E-state index in [2.05, 4.69) is 31.8 Å². The molecule has 0 saturated heterocycles. The molecule has 0 amide bonds. The van der Waals surface area contributed by atoms with Crippen LogP contribution in [-0.4, -0.2) is 67.2 Å². The lowest BCUT2D eigenvalue weighted by atomic mass is 9.89. The number of methoxy groups -OCH3 is 1. The van der Waals surface area contributed by atoms with Gasteiger partial charge in [0.2, 0.25) is 11.8 Å². The molecule has 1 aliphatic rings. The van der Waals surface area contributed by atoms with Crippen LogP contribution in [0.4, 0.5) is 5.95 Å². The lowest BCUT2D eigenvalue weighted by Crippen LogP contribution is -2.41. The maximum Gasteiger partial charge on any atom is 0.244 e. The number of fused-ring (bicyclic) bond motifs is 2. The van der Waals surface area contributed by atoms with Gasteiger partial charge in [0, 0.05) is 24.8 Å². The molecule has 0 bridgehead atoms. The summed E-state index contributed by atoms with van der Waals surface area (Å²) in [5.74, 6) is 1.02. The first-order chi connectivity index (χ1) is 14.7. The van der Waals surface area contributed by atoms with Gasteiger partial charge in [0.05, 0.1) is 31.9 Å². The molecule has 1 aromatic carbocycles. The third-order valence-corrected chi connectivity index (χ3v) is 5.47.